The molecule has 30 heavy (non-hydrogen) atoms. The van der Waals surface area contributed by atoms with Crippen molar-refractivity contribution in [3.8, 4) is 0 Å². The van der Waals surface area contributed by atoms with E-state index in [1.165, 1.54) is 27.7 Å². The third kappa shape index (κ3) is 4.31. The second-order valence-electron chi connectivity index (χ2n) is 9.72. The minimum Gasteiger partial charge on any atom is -0.376 e. The summed E-state index contributed by atoms with van der Waals surface area (Å²) in [5, 5.41) is 8.48. The molecule has 5 heteroatoms. The fraction of sp³-hybridized carbons (Fsp3) is 0.400. The second kappa shape index (κ2) is 7.95. The highest BCUT2D eigenvalue weighted by Gasteiger charge is 2.28. The molecule has 3 N–H and O–H groups in total. The third-order valence-electron chi connectivity index (χ3n) is 5.65. The third-order valence-corrected chi connectivity index (χ3v) is 5.90. The van der Waals surface area contributed by atoms with Gasteiger partial charge in [0.1, 0.15) is 5.82 Å². The van der Waals surface area contributed by atoms with Crippen molar-refractivity contribution in [1.82, 2.24) is 4.98 Å². The molecule has 1 aliphatic rings. The van der Waals surface area contributed by atoms with E-state index < -0.39 is 0 Å². The summed E-state index contributed by atoms with van der Waals surface area (Å²) in [4.78, 5) is 6.61. The monoisotopic (exact) mass is 420 g/mol. The fourth-order valence-electron chi connectivity index (χ4n) is 4.46. The quantitative estimate of drug-likeness (QED) is 0.412. The van der Waals surface area contributed by atoms with Crippen molar-refractivity contribution in [2.75, 3.05) is 29.6 Å². The lowest BCUT2D eigenvalue weighted by Crippen LogP contribution is -2.21. The van der Waals surface area contributed by atoms with Gasteiger partial charge in [-0.15, -0.1) is 0 Å². The number of fused-ring (bicyclic) bond motifs is 2. The standard InChI is InChI=1S/C25H32N4S/c1-25(2,3)15-23(30)28-21-13-10-17-18(24(21)29(4)5)11-12-20(17)27-22-14-16-8-6-7-9-19(16)26-22/h6-10,13-14,20,26-27H,11-12,15H2,1-5H3,(H,28,30). The zero-order valence-electron chi connectivity index (χ0n) is 18.6. The average Bonchev–Trinajstić information content (AvgIpc) is 3.23. The molecular weight excluding hydrogens is 388 g/mol. The van der Waals surface area contributed by atoms with Gasteiger partial charge in [-0.3, -0.25) is 0 Å². The van der Waals surface area contributed by atoms with E-state index in [1.807, 2.05) is 0 Å². The van der Waals surface area contributed by atoms with Crippen LogP contribution in [0.25, 0.3) is 10.9 Å². The first-order chi connectivity index (χ1) is 14.2. The molecule has 0 fully saturated rings. The maximum atomic E-state index is 5.65. The number of nitrogens with one attached hydrogen (secondary N) is 3. The molecule has 1 unspecified atom stereocenters. The highest BCUT2D eigenvalue weighted by molar-refractivity contribution is 7.80. The summed E-state index contributed by atoms with van der Waals surface area (Å²) < 4.78 is 0. The van der Waals surface area contributed by atoms with Gasteiger partial charge < -0.3 is 20.5 Å². The van der Waals surface area contributed by atoms with Crippen LogP contribution in [0.15, 0.2) is 42.5 Å². The number of aromatic amines is 1. The lowest BCUT2D eigenvalue weighted by molar-refractivity contribution is 0.436. The molecular formula is C25H32N4S. The Morgan fingerprint density at radius 3 is 2.63 bits per heavy atom. The van der Waals surface area contributed by atoms with Crippen molar-refractivity contribution < 1.29 is 0 Å². The number of thiocarbonyl (C=S) groups is 1. The van der Waals surface area contributed by atoms with Gasteiger partial charge in [-0.25, -0.2) is 0 Å². The molecule has 0 saturated carbocycles. The number of H-pyrrole nitrogens is 1. The molecule has 0 saturated heterocycles. The number of hydrogen-bond acceptors (Lipinski definition) is 3. The molecule has 1 heterocycles. The van der Waals surface area contributed by atoms with Crippen molar-refractivity contribution >= 4 is 45.3 Å². The smallest absolute Gasteiger partial charge is 0.104 e. The lowest BCUT2D eigenvalue weighted by Gasteiger charge is -2.25. The fourth-order valence-corrected chi connectivity index (χ4v) is 5.00. The van der Waals surface area contributed by atoms with E-state index >= 15 is 0 Å². The molecule has 3 aromatic rings. The van der Waals surface area contributed by atoms with Crippen molar-refractivity contribution in [2.45, 2.75) is 46.1 Å². The molecule has 2 aromatic carbocycles. The van der Waals surface area contributed by atoms with Crippen LogP contribution in [0.5, 0.6) is 0 Å². The van der Waals surface area contributed by atoms with Gasteiger partial charge in [-0.1, -0.05) is 57.3 Å². The molecule has 0 aliphatic heterocycles. The summed E-state index contributed by atoms with van der Waals surface area (Å²) in [6, 6.07) is 15.4. The predicted molar refractivity (Wildman–Crippen MR) is 134 cm³/mol. The van der Waals surface area contributed by atoms with Crippen molar-refractivity contribution in [2.24, 2.45) is 5.41 Å². The first-order valence-electron chi connectivity index (χ1n) is 10.7. The Hall–Kier alpha value is -2.53. The minimum absolute atomic E-state index is 0.174. The largest absolute Gasteiger partial charge is 0.376 e. The summed E-state index contributed by atoms with van der Waals surface area (Å²) in [6.45, 7) is 6.66. The van der Waals surface area contributed by atoms with Crippen molar-refractivity contribution in [1.29, 1.82) is 0 Å². The van der Waals surface area contributed by atoms with Gasteiger partial charge in [0, 0.05) is 31.4 Å². The highest BCUT2D eigenvalue weighted by Crippen LogP contribution is 2.42. The zero-order chi connectivity index (χ0) is 21.5. The molecule has 1 aliphatic carbocycles. The number of nitrogens with zero attached hydrogens (tertiary/aromatic N) is 1. The molecule has 0 radical (unpaired) electrons. The normalized spacial score (nSPS) is 15.8. The summed E-state index contributed by atoms with van der Waals surface area (Å²) in [5.41, 5.74) is 6.50. The van der Waals surface area contributed by atoms with E-state index in [0.717, 1.165) is 35.8 Å². The van der Waals surface area contributed by atoms with Crippen LogP contribution in [0.1, 0.15) is 50.8 Å². The summed E-state index contributed by atoms with van der Waals surface area (Å²) in [5.74, 6) is 1.08. The Labute approximate surface area is 185 Å². The van der Waals surface area contributed by atoms with Crippen LogP contribution in [0.3, 0.4) is 0 Å². The van der Waals surface area contributed by atoms with Gasteiger partial charge >= 0.3 is 0 Å². The number of para-hydroxylation sites is 1. The predicted octanol–water partition coefficient (Wildman–Crippen LogP) is 6.51. The molecule has 4 nitrogen and oxygen atoms in total. The number of benzene rings is 2. The molecule has 0 bridgehead atoms. The van der Waals surface area contributed by atoms with E-state index in [0.29, 0.717) is 6.04 Å². The number of hydrogen-bond donors (Lipinski definition) is 3. The van der Waals surface area contributed by atoms with Crippen LogP contribution < -0.4 is 15.5 Å². The second-order valence-corrected chi connectivity index (χ2v) is 10.2. The Kier molecular flexibility index (Phi) is 5.49. The molecule has 0 spiro atoms. The lowest BCUT2D eigenvalue weighted by atomic mass is 9.92. The van der Waals surface area contributed by atoms with E-state index in [9.17, 15) is 0 Å². The number of aromatic nitrogens is 1. The Morgan fingerprint density at radius 1 is 1.17 bits per heavy atom. The van der Waals surface area contributed by atoms with Gasteiger partial charge in [-0.2, -0.15) is 0 Å². The first kappa shape index (κ1) is 20.7. The molecule has 1 atom stereocenters. The maximum Gasteiger partial charge on any atom is 0.104 e. The Bertz CT molecular complexity index is 1040. The topological polar surface area (TPSA) is 43.1 Å². The van der Waals surface area contributed by atoms with E-state index in [1.54, 1.807) is 0 Å². The van der Waals surface area contributed by atoms with Crippen LogP contribution in [-0.4, -0.2) is 24.1 Å². The van der Waals surface area contributed by atoms with Crippen molar-refractivity contribution in [3.05, 3.63) is 53.6 Å². The first-order valence-corrected chi connectivity index (χ1v) is 11.1. The van der Waals surface area contributed by atoms with Crippen LogP contribution in [0.4, 0.5) is 17.2 Å². The molecule has 1 aromatic heterocycles. The summed E-state index contributed by atoms with van der Waals surface area (Å²) >= 11 is 5.65. The van der Waals surface area contributed by atoms with Crippen LogP contribution in [0, 0.1) is 5.41 Å². The van der Waals surface area contributed by atoms with Gasteiger partial charge in [0.25, 0.3) is 0 Å². The van der Waals surface area contributed by atoms with Crippen LogP contribution in [-0.2, 0) is 6.42 Å². The van der Waals surface area contributed by atoms with Crippen LogP contribution >= 0.6 is 12.2 Å². The maximum absolute atomic E-state index is 5.65. The summed E-state index contributed by atoms with van der Waals surface area (Å²) in [7, 11) is 4.23. The van der Waals surface area contributed by atoms with Gasteiger partial charge in [0.05, 0.1) is 22.4 Å². The highest BCUT2D eigenvalue weighted by atomic mass is 32.1. The van der Waals surface area contributed by atoms with Gasteiger partial charge in [0.15, 0.2) is 0 Å². The molecule has 158 valence electrons. The van der Waals surface area contributed by atoms with Gasteiger partial charge in [0.2, 0.25) is 0 Å². The Morgan fingerprint density at radius 2 is 1.93 bits per heavy atom. The molecule has 4 rings (SSSR count). The van der Waals surface area contributed by atoms with E-state index in [4.69, 9.17) is 12.2 Å². The SMILES string of the molecule is CN(C)c1c(NC(=S)CC(C)(C)C)ccc2c1CCC2Nc1cc2ccccc2[nH]1. The minimum atomic E-state index is 0.174. The summed E-state index contributed by atoms with van der Waals surface area (Å²) in [6.07, 6.45) is 3.01. The van der Waals surface area contributed by atoms with Crippen molar-refractivity contribution in [3.63, 3.8) is 0 Å². The molecule has 0 amide bonds. The Balaban J connectivity index is 1.59. The van der Waals surface area contributed by atoms with Crippen LogP contribution in [0.2, 0.25) is 0 Å². The van der Waals surface area contributed by atoms with E-state index in [2.05, 4.69) is 97.8 Å². The number of rotatable bonds is 5. The van der Waals surface area contributed by atoms with E-state index in [-0.39, 0.29) is 5.41 Å². The van der Waals surface area contributed by atoms with Gasteiger partial charge in [-0.05, 0) is 47.6 Å². The zero-order valence-corrected chi connectivity index (χ0v) is 19.4. The average molecular weight is 421 g/mol. The number of anilines is 3.